The van der Waals surface area contributed by atoms with E-state index in [1.54, 1.807) is 10.9 Å². The molecule has 2 aromatic heterocycles. The summed E-state index contributed by atoms with van der Waals surface area (Å²) in [6.45, 7) is -0.0896. The molecule has 0 spiro atoms. The number of aliphatic hydroxyl groups is 3. The summed E-state index contributed by atoms with van der Waals surface area (Å²) in [5.74, 6) is 0. The Balaban J connectivity index is 1.67. The number of nitrogens with zero attached hydrogens (tertiary/aromatic N) is 4. The van der Waals surface area contributed by atoms with Gasteiger partial charge in [0, 0.05) is 6.20 Å². The minimum Gasteiger partial charge on any atom is -0.394 e. The van der Waals surface area contributed by atoms with Crippen molar-refractivity contribution in [3.8, 4) is 11.3 Å². The third-order valence-electron chi connectivity index (χ3n) is 4.76. The summed E-state index contributed by atoms with van der Waals surface area (Å²) in [4.78, 5) is 26.7. The molecule has 0 bridgehead atoms. The standard InChI is InChI=1S/C18H19N5O6/c24-9-13-14(25)15(26)17(29-13)23-7-11(16(27)19-18(23)28)12-8-22(21-20-12)6-10-4-2-1-3-5-10/h1-5,7-8,13-15,17,24-26H,6,9H2,(H,19,27,28)/t13-,14?,15+,17-/m1/s1. The van der Waals surface area contributed by atoms with Gasteiger partial charge in [-0.05, 0) is 5.56 Å². The average molecular weight is 401 g/mol. The van der Waals surface area contributed by atoms with Crippen LogP contribution in [0.1, 0.15) is 11.8 Å². The van der Waals surface area contributed by atoms with Crippen LogP contribution in [0.2, 0.25) is 0 Å². The Morgan fingerprint density at radius 1 is 1.10 bits per heavy atom. The highest BCUT2D eigenvalue weighted by atomic mass is 16.6. The lowest BCUT2D eigenvalue weighted by atomic mass is 10.1. The van der Waals surface area contributed by atoms with Crippen LogP contribution in [-0.4, -0.2) is 64.8 Å². The lowest BCUT2D eigenvalue weighted by Gasteiger charge is -2.17. The normalized spacial score (nSPS) is 24.1. The van der Waals surface area contributed by atoms with Crippen molar-refractivity contribution >= 4 is 0 Å². The van der Waals surface area contributed by atoms with Gasteiger partial charge in [-0.2, -0.15) is 0 Å². The first-order chi connectivity index (χ1) is 14.0. The fraction of sp³-hybridized carbons (Fsp3) is 0.333. The quantitative estimate of drug-likeness (QED) is 0.401. The second kappa shape index (κ2) is 7.72. The highest BCUT2D eigenvalue weighted by molar-refractivity contribution is 5.54. The molecule has 1 saturated heterocycles. The molecule has 3 aromatic rings. The number of aliphatic hydroxyl groups excluding tert-OH is 3. The molecule has 1 aliphatic heterocycles. The third-order valence-corrected chi connectivity index (χ3v) is 4.76. The number of ether oxygens (including phenoxy) is 1. The lowest BCUT2D eigenvalue weighted by Crippen LogP contribution is -2.38. The van der Waals surface area contributed by atoms with Gasteiger partial charge in [-0.1, -0.05) is 35.5 Å². The predicted molar refractivity (Wildman–Crippen MR) is 98.9 cm³/mol. The maximum atomic E-state index is 12.3. The van der Waals surface area contributed by atoms with Crippen LogP contribution in [0.4, 0.5) is 0 Å². The van der Waals surface area contributed by atoms with Gasteiger partial charge in [-0.3, -0.25) is 14.3 Å². The largest absolute Gasteiger partial charge is 0.394 e. The van der Waals surface area contributed by atoms with Gasteiger partial charge < -0.3 is 20.1 Å². The van der Waals surface area contributed by atoms with E-state index in [4.69, 9.17) is 4.74 Å². The zero-order chi connectivity index (χ0) is 20.5. The maximum Gasteiger partial charge on any atom is 0.330 e. The van der Waals surface area contributed by atoms with Crippen LogP contribution in [0.15, 0.2) is 52.3 Å². The molecule has 0 radical (unpaired) electrons. The Morgan fingerprint density at radius 3 is 2.55 bits per heavy atom. The van der Waals surface area contributed by atoms with Gasteiger partial charge >= 0.3 is 5.69 Å². The first-order valence-corrected chi connectivity index (χ1v) is 8.90. The Bertz CT molecular complexity index is 1110. The third kappa shape index (κ3) is 3.63. The van der Waals surface area contributed by atoms with Crippen molar-refractivity contribution in [2.24, 2.45) is 0 Å². The van der Waals surface area contributed by atoms with E-state index >= 15 is 0 Å². The van der Waals surface area contributed by atoms with Crippen molar-refractivity contribution in [1.82, 2.24) is 24.5 Å². The lowest BCUT2D eigenvalue weighted by molar-refractivity contribution is -0.0549. The van der Waals surface area contributed by atoms with Gasteiger partial charge in [0.1, 0.15) is 24.0 Å². The van der Waals surface area contributed by atoms with Crippen molar-refractivity contribution in [1.29, 1.82) is 0 Å². The second-order valence-corrected chi connectivity index (χ2v) is 6.73. The predicted octanol–water partition coefficient (Wildman–Crippen LogP) is -1.55. The molecule has 1 unspecified atom stereocenters. The van der Waals surface area contributed by atoms with Gasteiger partial charge in [0.2, 0.25) is 0 Å². The maximum absolute atomic E-state index is 12.3. The van der Waals surface area contributed by atoms with Gasteiger partial charge in [-0.15, -0.1) is 5.10 Å². The molecular weight excluding hydrogens is 382 g/mol. The van der Waals surface area contributed by atoms with Crippen LogP contribution >= 0.6 is 0 Å². The van der Waals surface area contributed by atoms with E-state index in [2.05, 4.69) is 15.3 Å². The summed E-state index contributed by atoms with van der Waals surface area (Å²) in [7, 11) is 0. The molecule has 11 heteroatoms. The molecule has 0 saturated carbocycles. The zero-order valence-corrected chi connectivity index (χ0v) is 15.1. The topological polar surface area (TPSA) is 155 Å². The molecular formula is C18H19N5O6. The second-order valence-electron chi connectivity index (χ2n) is 6.73. The van der Waals surface area contributed by atoms with E-state index in [0.29, 0.717) is 6.54 Å². The molecule has 11 nitrogen and oxygen atoms in total. The zero-order valence-electron chi connectivity index (χ0n) is 15.1. The van der Waals surface area contributed by atoms with Crippen LogP contribution in [-0.2, 0) is 11.3 Å². The molecule has 4 atom stereocenters. The van der Waals surface area contributed by atoms with E-state index in [1.807, 2.05) is 30.3 Å². The number of hydrogen-bond acceptors (Lipinski definition) is 8. The monoisotopic (exact) mass is 401 g/mol. The number of aromatic amines is 1. The van der Waals surface area contributed by atoms with Crippen LogP contribution in [0, 0.1) is 0 Å². The van der Waals surface area contributed by atoms with Gasteiger partial charge in [0.15, 0.2) is 6.23 Å². The SMILES string of the molecule is O=c1[nH]c(=O)n([C@@H]2O[C@H](CO)C(O)[C@@H]2O)cc1-c1cn(Cc2ccccc2)nn1. The molecule has 1 fully saturated rings. The van der Waals surface area contributed by atoms with Gasteiger partial charge in [0.25, 0.3) is 5.56 Å². The molecule has 1 aromatic carbocycles. The highest BCUT2D eigenvalue weighted by Crippen LogP contribution is 2.28. The highest BCUT2D eigenvalue weighted by Gasteiger charge is 2.43. The van der Waals surface area contributed by atoms with Crippen molar-refractivity contribution in [3.63, 3.8) is 0 Å². The Kier molecular flexibility index (Phi) is 5.11. The number of aromatic nitrogens is 5. The first kappa shape index (κ1) is 19.2. The van der Waals surface area contributed by atoms with E-state index < -0.39 is 42.4 Å². The molecule has 0 aliphatic carbocycles. The smallest absolute Gasteiger partial charge is 0.330 e. The Morgan fingerprint density at radius 2 is 1.86 bits per heavy atom. The fourth-order valence-corrected chi connectivity index (χ4v) is 3.24. The molecule has 4 rings (SSSR count). The van der Waals surface area contributed by atoms with Crippen LogP contribution < -0.4 is 11.2 Å². The van der Waals surface area contributed by atoms with E-state index in [0.717, 1.165) is 10.1 Å². The molecule has 1 aliphatic rings. The summed E-state index contributed by atoms with van der Waals surface area (Å²) in [6, 6.07) is 9.55. The molecule has 4 N–H and O–H groups in total. The van der Waals surface area contributed by atoms with Crippen molar-refractivity contribution in [3.05, 3.63) is 69.1 Å². The summed E-state index contributed by atoms with van der Waals surface area (Å²) in [5.41, 5.74) is -0.242. The Hall–Kier alpha value is -3.12. The van der Waals surface area contributed by atoms with Crippen molar-refractivity contribution in [2.75, 3.05) is 6.61 Å². The molecule has 29 heavy (non-hydrogen) atoms. The van der Waals surface area contributed by atoms with Crippen molar-refractivity contribution in [2.45, 2.75) is 31.1 Å². The number of rotatable bonds is 5. The average Bonchev–Trinajstić information content (AvgIpc) is 3.28. The number of benzene rings is 1. The minimum atomic E-state index is -1.46. The number of nitrogens with one attached hydrogen (secondary N) is 1. The summed E-state index contributed by atoms with van der Waals surface area (Å²) < 4.78 is 7.87. The van der Waals surface area contributed by atoms with E-state index in [1.165, 1.54) is 6.20 Å². The minimum absolute atomic E-state index is 0.0432. The summed E-state index contributed by atoms with van der Waals surface area (Å²) in [5, 5.41) is 37.3. The molecule has 0 amide bonds. The van der Waals surface area contributed by atoms with Crippen molar-refractivity contribution < 1.29 is 20.1 Å². The van der Waals surface area contributed by atoms with Gasteiger partial charge in [0.05, 0.1) is 24.9 Å². The number of H-pyrrole nitrogens is 1. The van der Waals surface area contributed by atoms with Crippen LogP contribution in [0.25, 0.3) is 11.3 Å². The van der Waals surface area contributed by atoms with E-state index in [-0.39, 0.29) is 11.3 Å². The van der Waals surface area contributed by atoms with Crippen LogP contribution in [0.3, 0.4) is 0 Å². The fourth-order valence-electron chi connectivity index (χ4n) is 3.24. The Labute approximate surface area is 163 Å². The van der Waals surface area contributed by atoms with E-state index in [9.17, 15) is 24.9 Å². The molecule has 3 heterocycles. The van der Waals surface area contributed by atoms with Gasteiger partial charge in [-0.25, -0.2) is 9.48 Å². The summed E-state index contributed by atoms with van der Waals surface area (Å²) in [6.07, 6.45) is -2.41. The number of hydrogen-bond donors (Lipinski definition) is 4. The first-order valence-electron chi connectivity index (χ1n) is 8.90. The summed E-state index contributed by atoms with van der Waals surface area (Å²) >= 11 is 0. The molecule has 152 valence electrons. The van der Waals surface area contributed by atoms with Crippen LogP contribution in [0.5, 0.6) is 0 Å².